The molecule has 0 saturated carbocycles. The fourth-order valence-corrected chi connectivity index (χ4v) is 1.57. The van der Waals surface area contributed by atoms with E-state index in [0.717, 1.165) is 0 Å². The van der Waals surface area contributed by atoms with Crippen LogP contribution in [0.3, 0.4) is 0 Å². The summed E-state index contributed by atoms with van der Waals surface area (Å²) in [6.07, 6.45) is 0.457. The lowest BCUT2D eigenvalue weighted by Gasteiger charge is -2.33. The summed E-state index contributed by atoms with van der Waals surface area (Å²) < 4.78 is 0. The molecule has 13 heavy (non-hydrogen) atoms. The quantitative estimate of drug-likeness (QED) is 0.565. The van der Waals surface area contributed by atoms with Crippen LogP contribution in [0.1, 0.15) is 13.3 Å². The molecule has 5 nitrogen and oxygen atoms in total. The van der Waals surface area contributed by atoms with Gasteiger partial charge in [-0.1, -0.05) is 0 Å². The Kier molecular flexibility index (Phi) is 2.87. The van der Waals surface area contributed by atoms with Gasteiger partial charge in [0.05, 0.1) is 5.92 Å². The number of piperidine rings is 1. The van der Waals surface area contributed by atoms with E-state index >= 15 is 0 Å². The van der Waals surface area contributed by atoms with Crippen LogP contribution in [0.25, 0.3) is 0 Å². The number of carboxylic acids is 1. The van der Waals surface area contributed by atoms with Crippen LogP contribution in [-0.2, 0) is 9.59 Å². The first-order chi connectivity index (χ1) is 6.00. The molecule has 2 atom stereocenters. The summed E-state index contributed by atoms with van der Waals surface area (Å²) in [4.78, 5) is 23.2. The highest BCUT2D eigenvalue weighted by atomic mass is 16.4. The van der Waals surface area contributed by atoms with Crippen LogP contribution in [0, 0.1) is 5.92 Å². The first kappa shape index (κ1) is 9.98. The average molecular weight is 186 g/mol. The van der Waals surface area contributed by atoms with E-state index in [0.29, 0.717) is 19.5 Å². The van der Waals surface area contributed by atoms with Gasteiger partial charge in [-0.05, 0) is 6.42 Å². The Morgan fingerprint density at radius 2 is 2.08 bits per heavy atom. The van der Waals surface area contributed by atoms with Crippen molar-refractivity contribution in [2.45, 2.75) is 19.4 Å². The number of carboxylic acid groups (broad SMARTS) is 1. The van der Waals surface area contributed by atoms with Gasteiger partial charge in [-0.25, -0.2) is 0 Å². The van der Waals surface area contributed by atoms with Crippen LogP contribution >= 0.6 is 0 Å². The van der Waals surface area contributed by atoms with Gasteiger partial charge in [0.2, 0.25) is 5.91 Å². The molecule has 0 bridgehead atoms. The number of hydrogen-bond donors (Lipinski definition) is 2. The van der Waals surface area contributed by atoms with Crippen LogP contribution in [0.4, 0.5) is 0 Å². The molecule has 1 aliphatic rings. The molecule has 3 N–H and O–H groups in total. The normalized spacial score (nSPS) is 28.6. The summed E-state index contributed by atoms with van der Waals surface area (Å²) in [5.41, 5.74) is 5.63. The second-order valence-electron chi connectivity index (χ2n) is 3.45. The fourth-order valence-electron chi connectivity index (χ4n) is 1.57. The van der Waals surface area contributed by atoms with Crippen LogP contribution < -0.4 is 5.73 Å². The topological polar surface area (TPSA) is 83.6 Å². The van der Waals surface area contributed by atoms with Gasteiger partial charge in [0, 0.05) is 26.1 Å². The van der Waals surface area contributed by atoms with Gasteiger partial charge >= 0.3 is 5.97 Å². The molecule has 1 heterocycles. The molecule has 0 aliphatic carbocycles. The second-order valence-corrected chi connectivity index (χ2v) is 3.45. The van der Waals surface area contributed by atoms with E-state index in [4.69, 9.17) is 10.8 Å². The Morgan fingerprint density at radius 3 is 2.54 bits per heavy atom. The van der Waals surface area contributed by atoms with Gasteiger partial charge in [-0.3, -0.25) is 9.59 Å². The van der Waals surface area contributed by atoms with E-state index in [1.54, 1.807) is 0 Å². The number of carbonyl (C=O) groups excluding carboxylic acids is 1. The fraction of sp³-hybridized carbons (Fsp3) is 0.750. The summed E-state index contributed by atoms with van der Waals surface area (Å²) in [5.74, 6) is -1.49. The molecule has 0 spiro atoms. The number of hydrogen-bond acceptors (Lipinski definition) is 3. The summed E-state index contributed by atoms with van der Waals surface area (Å²) in [6, 6.07) is -0.209. The number of nitrogens with two attached hydrogens (primary N) is 1. The zero-order valence-corrected chi connectivity index (χ0v) is 7.56. The van der Waals surface area contributed by atoms with Crippen molar-refractivity contribution in [3.05, 3.63) is 0 Å². The lowest BCUT2D eigenvalue weighted by Crippen LogP contribution is -2.50. The maximum absolute atomic E-state index is 11.0. The largest absolute Gasteiger partial charge is 0.481 e. The Morgan fingerprint density at radius 1 is 1.46 bits per heavy atom. The average Bonchev–Trinajstić information content (AvgIpc) is 2.03. The van der Waals surface area contributed by atoms with E-state index in [1.165, 1.54) is 11.8 Å². The number of amides is 1. The summed E-state index contributed by atoms with van der Waals surface area (Å²) >= 11 is 0. The SMILES string of the molecule is CC(=O)N1CC(N)CC(C(=O)O)C1. The standard InChI is InChI=1S/C8H14N2O3/c1-5(11)10-3-6(8(12)13)2-7(9)4-10/h6-7H,2-4,9H2,1H3,(H,12,13). The Bertz CT molecular complexity index is 207. The van der Waals surface area contributed by atoms with Gasteiger partial charge < -0.3 is 15.7 Å². The molecule has 1 fully saturated rings. The molecule has 0 aromatic rings. The summed E-state index contributed by atoms with van der Waals surface area (Å²) in [5, 5.41) is 8.76. The zero-order valence-electron chi connectivity index (χ0n) is 7.56. The monoisotopic (exact) mass is 186 g/mol. The van der Waals surface area contributed by atoms with Crippen LogP contribution in [0.5, 0.6) is 0 Å². The Hall–Kier alpha value is -1.10. The van der Waals surface area contributed by atoms with Crippen molar-refractivity contribution in [2.24, 2.45) is 11.7 Å². The zero-order chi connectivity index (χ0) is 10.0. The molecule has 1 amide bonds. The number of nitrogens with zero attached hydrogens (tertiary/aromatic N) is 1. The van der Waals surface area contributed by atoms with E-state index in [1.807, 2.05) is 0 Å². The van der Waals surface area contributed by atoms with Crippen molar-refractivity contribution in [3.8, 4) is 0 Å². The molecule has 1 saturated heterocycles. The van der Waals surface area contributed by atoms with Gasteiger partial charge in [0.25, 0.3) is 0 Å². The Balaban J connectivity index is 2.62. The third-order valence-electron chi connectivity index (χ3n) is 2.28. The molecule has 5 heteroatoms. The van der Waals surface area contributed by atoms with Gasteiger partial charge in [0.1, 0.15) is 0 Å². The maximum Gasteiger partial charge on any atom is 0.308 e. The molecule has 1 rings (SSSR count). The highest BCUT2D eigenvalue weighted by Gasteiger charge is 2.30. The van der Waals surface area contributed by atoms with E-state index in [9.17, 15) is 9.59 Å². The van der Waals surface area contributed by atoms with Gasteiger partial charge in [-0.15, -0.1) is 0 Å². The predicted molar refractivity (Wildman–Crippen MR) is 46.0 cm³/mol. The lowest BCUT2D eigenvalue weighted by atomic mass is 9.95. The van der Waals surface area contributed by atoms with Crippen molar-refractivity contribution in [2.75, 3.05) is 13.1 Å². The second kappa shape index (κ2) is 3.74. The summed E-state index contributed by atoms with van der Waals surface area (Å²) in [7, 11) is 0. The van der Waals surface area contributed by atoms with E-state index in [2.05, 4.69) is 0 Å². The molecule has 0 radical (unpaired) electrons. The molecular formula is C8H14N2O3. The first-order valence-electron chi connectivity index (χ1n) is 4.24. The van der Waals surface area contributed by atoms with Crippen molar-refractivity contribution < 1.29 is 14.7 Å². The minimum atomic E-state index is -0.874. The highest BCUT2D eigenvalue weighted by molar-refractivity contribution is 5.76. The Labute approximate surface area is 76.5 Å². The molecule has 74 valence electrons. The number of likely N-dealkylation sites (tertiary alicyclic amines) is 1. The van der Waals surface area contributed by atoms with Crippen LogP contribution in [0.15, 0.2) is 0 Å². The number of aliphatic carboxylic acids is 1. The van der Waals surface area contributed by atoms with Crippen LogP contribution in [0.2, 0.25) is 0 Å². The third-order valence-corrected chi connectivity index (χ3v) is 2.28. The molecular weight excluding hydrogens is 172 g/mol. The molecule has 0 aromatic heterocycles. The lowest BCUT2D eigenvalue weighted by molar-refractivity contribution is -0.145. The molecule has 0 aromatic carbocycles. The number of rotatable bonds is 1. The van der Waals surface area contributed by atoms with Crippen molar-refractivity contribution >= 4 is 11.9 Å². The van der Waals surface area contributed by atoms with Gasteiger partial charge in [0.15, 0.2) is 0 Å². The molecule has 1 aliphatic heterocycles. The summed E-state index contributed by atoms with van der Waals surface area (Å²) in [6.45, 7) is 2.19. The number of carbonyl (C=O) groups is 2. The minimum absolute atomic E-state index is 0.110. The van der Waals surface area contributed by atoms with Crippen LogP contribution in [-0.4, -0.2) is 41.0 Å². The van der Waals surface area contributed by atoms with E-state index < -0.39 is 11.9 Å². The minimum Gasteiger partial charge on any atom is -0.481 e. The van der Waals surface area contributed by atoms with E-state index in [-0.39, 0.29) is 11.9 Å². The predicted octanol–water partition coefficient (Wildman–Crippen LogP) is -0.733. The van der Waals surface area contributed by atoms with Crippen molar-refractivity contribution in [1.82, 2.24) is 4.90 Å². The maximum atomic E-state index is 11.0. The highest BCUT2D eigenvalue weighted by Crippen LogP contribution is 2.15. The van der Waals surface area contributed by atoms with Crippen molar-refractivity contribution in [1.29, 1.82) is 0 Å². The first-order valence-corrected chi connectivity index (χ1v) is 4.24. The van der Waals surface area contributed by atoms with Crippen molar-refractivity contribution in [3.63, 3.8) is 0 Å². The molecule has 2 unspecified atom stereocenters. The smallest absolute Gasteiger partial charge is 0.308 e. The van der Waals surface area contributed by atoms with Gasteiger partial charge in [-0.2, -0.15) is 0 Å². The third kappa shape index (κ3) is 2.42.